The molecule has 2 aromatic rings. The Morgan fingerprint density at radius 2 is 2.16 bits per heavy atom. The molecule has 1 aliphatic heterocycles. The largest absolute Gasteiger partial charge is 0.439 e. The van der Waals surface area contributed by atoms with Gasteiger partial charge in [0.05, 0.1) is 5.02 Å². The second kappa shape index (κ2) is 4.94. The smallest absolute Gasteiger partial charge is 0.198 e. The van der Waals surface area contributed by atoms with Crippen LogP contribution in [-0.4, -0.2) is 23.9 Å². The summed E-state index contributed by atoms with van der Waals surface area (Å²) in [6.45, 7) is 3.48. The van der Waals surface area contributed by atoms with Gasteiger partial charge in [-0.3, -0.25) is 4.79 Å². The van der Waals surface area contributed by atoms with Crippen molar-refractivity contribution in [1.29, 1.82) is 0 Å². The fraction of sp³-hybridized carbons (Fsp3) is 0.429. The van der Waals surface area contributed by atoms with E-state index in [2.05, 4.69) is 10.3 Å². The number of aromatic nitrogens is 1. The highest BCUT2D eigenvalue weighted by molar-refractivity contribution is 6.35. The van der Waals surface area contributed by atoms with E-state index in [1.807, 2.05) is 0 Å². The molecule has 0 aliphatic carbocycles. The molecular weight excluding hydrogens is 264 g/mol. The lowest BCUT2D eigenvalue weighted by Crippen LogP contribution is -2.26. The number of nitrogens with one attached hydrogen (secondary N) is 1. The van der Waals surface area contributed by atoms with E-state index >= 15 is 0 Å². The normalized spacial score (nSPS) is 16.9. The van der Waals surface area contributed by atoms with Crippen molar-refractivity contribution in [2.24, 2.45) is 0 Å². The Kier molecular flexibility index (Phi) is 3.29. The summed E-state index contributed by atoms with van der Waals surface area (Å²) in [7, 11) is 0. The number of piperidine rings is 1. The van der Waals surface area contributed by atoms with Gasteiger partial charge in [-0.1, -0.05) is 11.6 Å². The van der Waals surface area contributed by atoms with Gasteiger partial charge in [0.15, 0.2) is 17.3 Å². The number of ketones is 1. The topological polar surface area (TPSA) is 55.1 Å². The molecule has 1 aliphatic rings. The van der Waals surface area contributed by atoms with Gasteiger partial charge >= 0.3 is 0 Å². The third-order valence-electron chi connectivity index (χ3n) is 3.56. The molecule has 1 fully saturated rings. The van der Waals surface area contributed by atoms with Crippen LogP contribution in [-0.2, 0) is 0 Å². The zero-order valence-corrected chi connectivity index (χ0v) is 11.5. The van der Waals surface area contributed by atoms with Gasteiger partial charge in [0.25, 0.3) is 0 Å². The predicted molar refractivity (Wildman–Crippen MR) is 73.9 cm³/mol. The molecule has 1 aromatic carbocycles. The molecular formula is C14H15ClN2O2. The fourth-order valence-electron chi connectivity index (χ4n) is 2.46. The van der Waals surface area contributed by atoms with Crippen molar-refractivity contribution in [2.75, 3.05) is 13.1 Å². The molecule has 0 spiro atoms. The van der Waals surface area contributed by atoms with Crippen LogP contribution in [0.1, 0.15) is 41.9 Å². The lowest BCUT2D eigenvalue weighted by Gasteiger charge is -2.19. The predicted octanol–water partition coefficient (Wildman–Crippen LogP) is 3.15. The lowest BCUT2D eigenvalue weighted by atomic mass is 9.98. The third kappa shape index (κ3) is 2.38. The minimum absolute atomic E-state index is 0.0183. The number of halogens is 1. The number of carbonyl (C=O) groups excluding carboxylic acids is 1. The standard InChI is InChI=1S/C14H15ClN2O2/c1-8(18)10-6-11(15)13-12(7-10)17-14(19-13)9-2-4-16-5-3-9/h6-7,9,16H,2-5H2,1H3. The molecule has 100 valence electrons. The maximum Gasteiger partial charge on any atom is 0.198 e. The maximum atomic E-state index is 11.4. The number of carbonyl (C=O) groups is 1. The number of hydrogen-bond acceptors (Lipinski definition) is 4. The first-order chi connectivity index (χ1) is 9.15. The second-order valence-electron chi connectivity index (χ2n) is 4.94. The molecule has 19 heavy (non-hydrogen) atoms. The highest BCUT2D eigenvalue weighted by atomic mass is 35.5. The van der Waals surface area contributed by atoms with Gasteiger partial charge in [-0.25, -0.2) is 4.98 Å². The Labute approximate surface area is 116 Å². The van der Waals surface area contributed by atoms with Crippen molar-refractivity contribution in [2.45, 2.75) is 25.7 Å². The molecule has 0 radical (unpaired) electrons. The average Bonchev–Trinajstić information content (AvgIpc) is 2.84. The van der Waals surface area contributed by atoms with Crippen molar-refractivity contribution >= 4 is 28.5 Å². The quantitative estimate of drug-likeness (QED) is 0.858. The SMILES string of the molecule is CC(=O)c1cc(Cl)c2oc(C3CCNCC3)nc2c1. The van der Waals surface area contributed by atoms with Gasteiger partial charge in [0.1, 0.15) is 5.52 Å². The zero-order valence-electron chi connectivity index (χ0n) is 10.7. The fourth-order valence-corrected chi connectivity index (χ4v) is 2.71. The van der Waals surface area contributed by atoms with Gasteiger partial charge in [0, 0.05) is 11.5 Å². The van der Waals surface area contributed by atoms with Gasteiger partial charge < -0.3 is 9.73 Å². The van der Waals surface area contributed by atoms with Gasteiger partial charge in [-0.05, 0) is 45.0 Å². The molecule has 0 saturated carbocycles. The summed E-state index contributed by atoms with van der Waals surface area (Å²) in [6.07, 6.45) is 2.04. The van der Waals surface area contributed by atoms with E-state index in [9.17, 15) is 4.79 Å². The Balaban J connectivity index is 2.04. The lowest BCUT2D eigenvalue weighted by molar-refractivity contribution is 0.101. The second-order valence-corrected chi connectivity index (χ2v) is 5.35. The third-order valence-corrected chi connectivity index (χ3v) is 3.84. The summed E-state index contributed by atoms with van der Waals surface area (Å²) < 4.78 is 5.79. The Morgan fingerprint density at radius 3 is 2.84 bits per heavy atom. The molecule has 1 N–H and O–H groups in total. The van der Waals surface area contributed by atoms with E-state index in [1.54, 1.807) is 12.1 Å². The molecule has 1 aromatic heterocycles. The summed E-state index contributed by atoms with van der Waals surface area (Å²) in [5.74, 6) is 1.06. The number of fused-ring (bicyclic) bond motifs is 1. The molecule has 0 atom stereocenters. The summed E-state index contributed by atoms with van der Waals surface area (Å²) >= 11 is 6.16. The van der Waals surface area contributed by atoms with Crippen LogP contribution in [0.2, 0.25) is 5.02 Å². The van der Waals surface area contributed by atoms with Crippen LogP contribution in [0.3, 0.4) is 0 Å². The number of rotatable bonds is 2. The van der Waals surface area contributed by atoms with E-state index in [0.29, 0.717) is 27.6 Å². The summed E-state index contributed by atoms with van der Waals surface area (Å²) in [5, 5.41) is 3.77. The number of Topliss-reactive ketones (excluding diaryl/α,β-unsaturated/α-hetero) is 1. The van der Waals surface area contributed by atoms with Crippen molar-refractivity contribution < 1.29 is 9.21 Å². The highest BCUT2D eigenvalue weighted by Crippen LogP contribution is 2.32. The minimum atomic E-state index is -0.0183. The van der Waals surface area contributed by atoms with E-state index in [0.717, 1.165) is 31.8 Å². The Bertz CT molecular complexity index is 630. The van der Waals surface area contributed by atoms with Crippen molar-refractivity contribution in [3.63, 3.8) is 0 Å². The summed E-state index contributed by atoms with van der Waals surface area (Å²) in [6, 6.07) is 3.39. The monoisotopic (exact) mass is 278 g/mol. The first-order valence-electron chi connectivity index (χ1n) is 6.47. The van der Waals surface area contributed by atoms with Crippen LogP contribution in [0.5, 0.6) is 0 Å². The maximum absolute atomic E-state index is 11.4. The Hall–Kier alpha value is -1.39. The average molecular weight is 279 g/mol. The van der Waals surface area contributed by atoms with Gasteiger partial charge in [0.2, 0.25) is 0 Å². The van der Waals surface area contributed by atoms with E-state index in [4.69, 9.17) is 16.0 Å². The number of nitrogens with zero attached hydrogens (tertiary/aromatic N) is 1. The molecule has 3 rings (SSSR count). The van der Waals surface area contributed by atoms with Crippen molar-refractivity contribution in [3.8, 4) is 0 Å². The number of hydrogen-bond donors (Lipinski definition) is 1. The molecule has 0 unspecified atom stereocenters. The summed E-state index contributed by atoms with van der Waals surface area (Å²) in [5.41, 5.74) is 1.83. The Morgan fingerprint density at radius 1 is 1.42 bits per heavy atom. The molecule has 0 amide bonds. The zero-order chi connectivity index (χ0) is 13.4. The van der Waals surface area contributed by atoms with Crippen LogP contribution in [0, 0.1) is 0 Å². The molecule has 2 heterocycles. The van der Waals surface area contributed by atoms with Crippen LogP contribution in [0.4, 0.5) is 0 Å². The van der Waals surface area contributed by atoms with E-state index < -0.39 is 0 Å². The molecule has 1 saturated heterocycles. The van der Waals surface area contributed by atoms with Crippen molar-refractivity contribution in [3.05, 3.63) is 28.6 Å². The molecule has 0 bridgehead atoms. The van der Waals surface area contributed by atoms with Crippen LogP contribution in [0.25, 0.3) is 11.1 Å². The number of benzene rings is 1. The minimum Gasteiger partial charge on any atom is -0.439 e. The van der Waals surface area contributed by atoms with Crippen LogP contribution >= 0.6 is 11.6 Å². The number of oxazole rings is 1. The van der Waals surface area contributed by atoms with Crippen LogP contribution < -0.4 is 5.32 Å². The first kappa shape index (κ1) is 12.6. The van der Waals surface area contributed by atoms with Gasteiger partial charge in [-0.2, -0.15) is 0 Å². The van der Waals surface area contributed by atoms with Crippen molar-refractivity contribution in [1.82, 2.24) is 10.3 Å². The summed E-state index contributed by atoms with van der Waals surface area (Å²) in [4.78, 5) is 15.9. The molecule has 5 heteroatoms. The van der Waals surface area contributed by atoms with Gasteiger partial charge in [-0.15, -0.1) is 0 Å². The van der Waals surface area contributed by atoms with Crippen LogP contribution in [0.15, 0.2) is 16.5 Å². The first-order valence-corrected chi connectivity index (χ1v) is 6.84. The van der Waals surface area contributed by atoms with E-state index in [1.165, 1.54) is 6.92 Å². The van der Waals surface area contributed by atoms with E-state index in [-0.39, 0.29) is 5.78 Å². The molecule has 4 nitrogen and oxygen atoms in total. The highest BCUT2D eigenvalue weighted by Gasteiger charge is 2.22.